The first-order valence-electron chi connectivity index (χ1n) is 9.27. The Labute approximate surface area is 171 Å². The molecule has 0 aliphatic heterocycles. The Morgan fingerprint density at radius 2 is 1.73 bits per heavy atom. The van der Waals surface area contributed by atoms with E-state index in [2.05, 4.69) is 10.6 Å². The summed E-state index contributed by atoms with van der Waals surface area (Å²) >= 11 is 0. The van der Waals surface area contributed by atoms with Crippen molar-refractivity contribution in [2.75, 3.05) is 25.0 Å². The Morgan fingerprint density at radius 1 is 1.03 bits per heavy atom. The Bertz CT molecular complexity index is 914. The van der Waals surface area contributed by atoms with E-state index in [9.17, 15) is 27.2 Å². The fourth-order valence-corrected chi connectivity index (χ4v) is 2.74. The van der Waals surface area contributed by atoms with E-state index in [-0.39, 0.29) is 29.3 Å². The van der Waals surface area contributed by atoms with E-state index in [4.69, 9.17) is 0 Å². The summed E-state index contributed by atoms with van der Waals surface area (Å²) in [5.41, 5.74) is 2.26. The molecular formula is C21H23F4N3O2. The minimum atomic E-state index is -4.57. The Kier molecular flexibility index (Phi) is 7.79. The van der Waals surface area contributed by atoms with Crippen LogP contribution in [0.25, 0.3) is 0 Å². The first kappa shape index (κ1) is 23.2. The first-order valence-corrected chi connectivity index (χ1v) is 9.27. The number of amides is 2. The van der Waals surface area contributed by atoms with Gasteiger partial charge in [-0.25, -0.2) is 4.39 Å². The maximum absolute atomic E-state index is 14.1. The van der Waals surface area contributed by atoms with Crippen LogP contribution in [-0.2, 0) is 11.2 Å². The van der Waals surface area contributed by atoms with Crippen LogP contribution in [-0.4, -0.2) is 37.6 Å². The Hall–Kier alpha value is -3.10. The summed E-state index contributed by atoms with van der Waals surface area (Å²) in [7, 11) is 0. The average molecular weight is 425 g/mol. The third-order valence-corrected chi connectivity index (χ3v) is 4.47. The van der Waals surface area contributed by atoms with Crippen molar-refractivity contribution in [3.8, 4) is 0 Å². The molecule has 2 aromatic carbocycles. The molecule has 0 saturated heterocycles. The van der Waals surface area contributed by atoms with Crippen molar-refractivity contribution >= 4 is 17.5 Å². The minimum Gasteiger partial charge on any atom is -0.376 e. The van der Waals surface area contributed by atoms with Crippen LogP contribution < -0.4 is 16.0 Å². The van der Waals surface area contributed by atoms with E-state index < -0.39 is 24.4 Å². The smallest absolute Gasteiger partial charge is 0.376 e. The van der Waals surface area contributed by atoms with Crippen LogP contribution in [0.1, 0.15) is 27.0 Å². The molecule has 0 bridgehead atoms. The van der Waals surface area contributed by atoms with Crippen molar-refractivity contribution < 1.29 is 27.2 Å². The second kappa shape index (κ2) is 10.1. The number of carbonyl (C=O) groups excluding carboxylic acids is 2. The van der Waals surface area contributed by atoms with Crippen molar-refractivity contribution in [3.05, 3.63) is 64.5 Å². The molecular weight excluding hydrogens is 402 g/mol. The summed E-state index contributed by atoms with van der Waals surface area (Å²) in [6.45, 7) is 2.13. The van der Waals surface area contributed by atoms with Gasteiger partial charge in [-0.2, -0.15) is 13.2 Å². The minimum absolute atomic E-state index is 0.148. The van der Waals surface area contributed by atoms with Gasteiger partial charge in [-0.1, -0.05) is 24.3 Å². The highest BCUT2D eigenvalue weighted by atomic mass is 19.4. The zero-order chi connectivity index (χ0) is 22.3. The summed E-state index contributed by atoms with van der Waals surface area (Å²) in [5.74, 6) is -2.16. The summed E-state index contributed by atoms with van der Waals surface area (Å²) < 4.78 is 50.8. The molecule has 0 aromatic heterocycles. The normalized spacial score (nSPS) is 11.1. The predicted octanol–water partition coefficient (Wildman–Crippen LogP) is 3.51. The van der Waals surface area contributed by atoms with Gasteiger partial charge in [0.1, 0.15) is 12.4 Å². The molecule has 162 valence electrons. The maximum Gasteiger partial charge on any atom is 0.405 e. The number of carbonyl (C=O) groups is 2. The van der Waals surface area contributed by atoms with Crippen LogP contribution in [0.2, 0.25) is 0 Å². The maximum atomic E-state index is 14.1. The molecule has 0 aliphatic carbocycles. The lowest BCUT2D eigenvalue weighted by atomic mass is 10.1. The number of hydrogen-bond donors (Lipinski definition) is 3. The van der Waals surface area contributed by atoms with Crippen LogP contribution in [0.4, 0.5) is 23.2 Å². The quantitative estimate of drug-likeness (QED) is 0.567. The Morgan fingerprint density at radius 3 is 2.40 bits per heavy atom. The van der Waals surface area contributed by atoms with Crippen LogP contribution in [0.5, 0.6) is 0 Å². The van der Waals surface area contributed by atoms with Crippen molar-refractivity contribution in [2.45, 2.75) is 26.4 Å². The molecule has 5 nitrogen and oxygen atoms in total. The lowest BCUT2D eigenvalue weighted by Gasteiger charge is -2.14. The molecule has 0 fully saturated rings. The molecule has 0 saturated carbocycles. The highest BCUT2D eigenvalue weighted by Crippen LogP contribution is 2.21. The number of nitrogens with one attached hydrogen (secondary N) is 3. The van der Waals surface area contributed by atoms with E-state index >= 15 is 0 Å². The monoisotopic (exact) mass is 425 g/mol. The molecule has 0 atom stereocenters. The third-order valence-electron chi connectivity index (χ3n) is 4.47. The largest absolute Gasteiger partial charge is 0.405 e. The standard InChI is InChI=1S/C21H23F4N3O2/c1-13-5-3-4-6-15(13)7-8-26-19(29)11-27-18-10-16(9-17(22)14(18)2)20(30)28-12-21(23,24)25/h3-6,9-10,27H,7-8,11-12H2,1-2H3,(H,26,29)(H,28,30). The number of rotatable bonds is 8. The molecule has 3 N–H and O–H groups in total. The van der Waals surface area contributed by atoms with Gasteiger partial charge in [-0.15, -0.1) is 0 Å². The number of aryl methyl sites for hydroxylation is 1. The number of hydrogen-bond acceptors (Lipinski definition) is 3. The second-order valence-electron chi connectivity index (χ2n) is 6.81. The number of halogens is 4. The topological polar surface area (TPSA) is 70.2 Å². The molecule has 2 rings (SSSR count). The first-order chi connectivity index (χ1) is 14.1. The van der Waals surface area contributed by atoms with Gasteiger partial charge in [-0.05, 0) is 43.5 Å². The van der Waals surface area contributed by atoms with Crippen molar-refractivity contribution in [2.24, 2.45) is 0 Å². The van der Waals surface area contributed by atoms with Crippen molar-refractivity contribution in [1.82, 2.24) is 10.6 Å². The lowest BCUT2D eigenvalue weighted by Crippen LogP contribution is -2.34. The predicted molar refractivity (Wildman–Crippen MR) is 106 cm³/mol. The van der Waals surface area contributed by atoms with Crippen LogP contribution >= 0.6 is 0 Å². The fraction of sp³-hybridized carbons (Fsp3) is 0.333. The highest BCUT2D eigenvalue weighted by Gasteiger charge is 2.28. The molecule has 0 spiro atoms. The Balaban J connectivity index is 1.92. The van der Waals surface area contributed by atoms with E-state index in [0.29, 0.717) is 13.0 Å². The molecule has 2 aromatic rings. The summed E-state index contributed by atoms with van der Waals surface area (Å²) in [6, 6.07) is 9.87. The van der Waals surface area contributed by atoms with Gasteiger partial charge >= 0.3 is 6.18 Å². The van der Waals surface area contributed by atoms with Crippen molar-refractivity contribution in [3.63, 3.8) is 0 Å². The van der Waals surface area contributed by atoms with E-state index in [1.807, 2.05) is 31.2 Å². The highest BCUT2D eigenvalue weighted by molar-refractivity contribution is 5.95. The van der Waals surface area contributed by atoms with Gasteiger partial charge in [0.2, 0.25) is 5.91 Å². The summed E-state index contributed by atoms with van der Waals surface area (Å²) in [4.78, 5) is 23.9. The molecule has 2 amide bonds. The molecule has 30 heavy (non-hydrogen) atoms. The van der Waals surface area contributed by atoms with Gasteiger partial charge in [0.15, 0.2) is 0 Å². The zero-order valence-electron chi connectivity index (χ0n) is 16.6. The number of alkyl halides is 3. The van der Waals surface area contributed by atoms with Gasteiger partial charge in [0.25, 0.3) is 5.91 Å². The van der Waals surface area contributed by atoms with E-state index in [1.165, 1.54) is 13.0 Å². The number of anilines is 1. The second-order valence-corrected chi connectivity index (χ2v) is 6.81. The van der Waals surface area contributed by atoms with E-state index in [0.717, 1.165) is 17.2 Å². The van der Waals surface area contributed by atoms with Crippen LogP contribution in [0.15, 0.2) is 36.4 Å². The van der Waals surface area contributed by atoms with Gasteiger partial charge in [0, 0.05) is 23.4 Å². The summed E-state index contributed by atoms with van der Waals surface area (Å²) in [5, 5.41) is 7.15. The molecule has 0 radical (unpaired) electrons. The van der Waals surface area contributed by atoms with Gasteiger partial charge in [0.05, 0.1) is 6.54 Å². The van der Waals surface area contributed by atoms with Crippen LogP contribution in [0, 0.1) is 19.7 Å². The van der Waals surface area contributed by atoms with Gasteiger partial charge < -0.3 is 16.0 Å². The molecule has 9 heteroatoms. The fourth-order valence-electron chi connectivity index (χ4n) is 2.74. The summed E-state index contributed by atoms with van der Waals surface area (Å²) in [6.07, 6.45) is -3.92. The zero-order valence-corrected chi connectivity index (χ0v) is 16.6. The lowest BCUT2D eigenvalue weighted by molar-refractivity contribution is -0.123. The average Bonchev–Trinajstić information content (AvgIpc) is 2.68. The van der Waals surface area contributed by atoms with Crippen LogP contribution in [0.3, 0.4) is 0 Å². The SMILES string of the molecule is Cc1ccccc1CCNC(=O)CNc1cc(C(=O)NCC(F)(F)F)cc(F)c1C. The molecule has 0 unspecified atom stereocenters. The van der Waals surface area contributed by atoms with E-state index in [1.54, 1.807) is 5.32 Å². The van der Waals surface area contributed by atoms with Crippen molar-refractivity contribution in [1.29, 1.82) is 0 Å². The van der Waals surface area contributed by atoms with Gasteiger partial charge in [-0.3, -0.25) is 9.59 Å². The number of benzene rings is 2. The molecule has 0 aliphatic rings. The molecule has 0 heterocycles. The third kappa shape index (κ3) is 7.06.